The molecule has 0 bridgehead atoms. The first-order valence-electron chi connectivity index (χ1n) is 4.05. The van der Waals surface area contributed by atoms with Gasteiger partial charge in [0.1, 0.15) is 5.78 Å². The van der Waals surface area contributed by atoms with E-state index < -0.39 is 0 Å². The van der Waals surface area contributed by atoms with Gasteiger partial charge in [0.15, 0.2) is 0 Å². The average Bonchev–Trinajstić information content (AvgIpc) is 2.28. The van der Waals surface area contributed by atoms with Crippen LogP contribution in [0, 0.1) is 11.8 Å². The first kappa shape index (κ1) is 7.46. The molecule has 2 atom stereocenters. The minimum Gasteiger partial charge on any atom is -0.300 e. The lowest BCUT2D eigenvalue weighted by atomic mass is 9.80. The van der Waals surface area contributed by atoms with E-state index >= 15 is 0 Å². The third-order valence-electron chi connectivity index (χ3n) is 2.59. The Morgan fingerprint density at radius 2 is 1.75 bits per heavy atom. The van der Waals surface area contributed by atoms with Gasteiger partial charge in [0.2, 0.25) is 11.8 Å². The highest BCUT2D eigenvalue weighted by Crippen LogP contribution is 2.31. The van der Waals surface area contributed by atoms with E-state index in [4.69, 9.17) is 0 Å². The molecule has 4 heteroatoms. The van der Waals surface area contributed by atoms with Gasteiger partial charge in [0, 0.05) is 12.8 Å². The van der Waals surface area contributed by atoms with Crippen LogP contribution in [0.3, 0.4) is 0 Å². The van der Waals surface area contributed by atoms with Crippen LogP contribution >= 0.6 is 0 Å². The first-order chi connectivity index (χ1) is 5.68. The van der Waals surface area contributed by atoms with Crippen LogP contribution in [-0.2, 0) is 14.4 Å². The van der Waals surface area contributed by atoms with Crippen LogP contribution in [-0.4, -0.2) is 17.6 Å². The zero-order valence-electron chi connectivity index (χ0n) is 6.50. The van der Waals surface area contributed by atoms with E-state index in [1.54, 1.807) is 0 Å². The number of nitrogens with one attached hydrogen (secondary N) is 1. The monoisotopic (exact) mass is 167 g/mol. The van der Waals surface area contributed by atoms with Crippen molar-refractivity contribution in [3.05, 3.63) is 0 Å². The normalized spacial score (nSPS) is 34.8. The molecule has 2 aliphatic rings. The largest absolute Gasteiger partial charge is 0.300 e. The predicted octanol–water partition coefficient (Wildman–Crippen LogP) is -0.372. The molecule has 0 radical (unpaired) electrons. The summed E-state index contributed by atoms with van der Waals surface area (Å²) in [6, 6.07) is 0. The molecule has 2 fully saturated rings. The summed E-state index contributed by atoms with van der Waals surface area (Å²) in [6.07, 6.45) is 1.24. The van der Waals surface area contributed by atoms with Crippen LogP contribution < -0.4 is 5.32 Å². The standard InChI is InChI=1S/C8H9NO3/c10-4-1-2-5-6(3-4)8(12)9-7(5)11/h5-6H,1-3H2,(H,9,11,12)/t5-,6+/m1/s1. The second kappa shape index (κ2) is 2.40. The lowest BCUT2D eigenvalue weighted by Gasteiger charge is -2.19. The summed E-state index contributed by atoms with van der Waals surface area (Å²) in [6.45, 7) is 0. The molecule has 12 heavy (non-hydrogen) atoms. The summed E-state index contributed by atoms with van der Waals surface area (Å²) in [5, 5.41) is 2.25. The van der Waals surface area contributed by atoms with Gasteiger partial charge < -0.3 is 0 Å². The van der Waals surface area contributed by atoms with E-state index in [-0.39, 0.29) is 35.9 Å². The fourth-order valence-electron chi connectivity index (χ4n) is 1.90. The number of hydrogen-bond donors (Lipinski definition) is 1. The number of ketones is 1. The lowest BCUT2D eigenvalue weighted by molar-refractivity contribution is -0.130. The smallest absolute Gasteiger partial charge is 0.230 e. The fraction of sp³-hybridized carbons (Fsp3) is 0.625. The number of amides is 2. The SMILES string of the molecule is O=C1CC[C@H]2C(=O)NC(=O)[C@H]2C1. The Morgan fingerprint density at radius 3 is 2.50 bits per heavy atom. The number of fused-ring (bicyclic) bond motifs is 1. The van der Waals surface area contributed by atoms with Crippen LogP contribution in [0.2, 0.25) is 0 Å². The minimum atomic E-state index is -0.362. The second-order valence-corrected chi connectivity index (χ2v) is 3.35. The summed E-state index contributed by atoms with van der Waals surface area (Å²) in [7, 11) is 0. The van der Waals surface area contributed by atoms with Crippen molar-refractivity contribution >= 4 is 17.6 Å². The van der Waals surface area contributed by atoms with E-state index in [9.17, 15) is 14.4 Å². The van der Waals surface area contributed by atoms with Crippen molar-refractivity contribution in [1.29, 1.82) is 0 Å². The Balaban J connectivity index is 2.22. The number of Topliss-reactive ketones (excluding diaryl/α,β-unsaturated/α-hetero) is 1. The van der Waals surface area contributed by atoms with E-state index in [0.717, 1.165) is 0 Å². The molecule has 0 unspecified atom stereocenters. The molecule has 1 saturated carbocycles. The minimum absolute atomic E-state index is 0.0982. The van der Waals surface area contributed by atoms with E-state index in [1.807, 2.05) is 0 Å². The Labute approximate surface area is 69.3 Å². The Morgan fingerprint density at radius 1 is 1.08 bits per heavy atom. The van der Waals surface area contributed by atoms with Crippen molar-refractivity contribution in [2.45, 2.75) is 19.3 Å². The third kappa shape index (κ3) is 0.948. The Hall–Kier alpha value is -1.19. The maximum absolute atomic E-state index is 11.1. The van der Waals surface area contributed by atoms with Gasteiger partial charge in [-0.05, 0) is 6.42 Å². The molecule has 64 valence electrons. The molecule has 0 aromatic rings. The molecule has 2 rings (SSSR count). The highest BCUT2D eigenvalue weighted by atomic mass is 16.2. The van der Waals surface area contributed by atoms with Crippen molar-refractivity contribution in [3.63, 3.8) is 0 Å². The number of carbonyl (C=O) groups excluding carboxylic acids is 3. The zero-order valence-corrected chi connectivity index (χ0v) is 6.50. The molecule has 1 saturated heterocycles. The first-order valence-corrected chi connectivity index (χ1v) is 4.05. The van der Waals surface area contributed by atoms with Crippen LogP contribution in [0.4, 0.5) is 0 Å². The van der Waals surface area contributed by atoms with E-state index in [0.29, 0.717) is 12.8 Å². The van der Waals surface area contributed by atoms with Gasteiger partial charge in [-0.3, -0.25) is 19.7 Å². The zero-order chi connectivity index (χ0) is 8.72. The molecule has 0 aromatic carbocycles. The summed E-state index contributed by atoms with van der Waals surface area (Å²) >= 11 is 0. The molecular formula is C8H9NO3. The molecule has 1 heterocycles. The summed E-state index contributed by atoms with van der Waals surface area (Å²) in [5.74, 6) is -0.953. The molecule has 1 aliphatic carbocycles. The second-order valence-electron chi connectivity index (χ2n) is 3.35. The Bertz CT molecular complexity index is 271. The van der Waals surface area contributed by atoms with Crippen LogP contribution in [0.1, 0.15) is 19.3 Å². The van der Waals surface area contributed by atoms with Gasteiger partial charge in [-0.2, -0.15) is 0 Å². The number of imide groups is 1. The molecule has 0 spiro atoms. The topological polar surface area (TPSA) is 63.2 Å². The van der Waals surface area contributed by atoms with Crippen molar-refractivity contribution in [3.8, 4) is 0 Å². The summed E-state index contributed by atoms with van der Waals surface area (Å²) < 4.78 is 0. The highest BCUT2D eigenvalue weighted by Gasteiger charge is 2.44. The van der Waals surface area contributed by atoms with Crippen molar-refractivity contribution in [2.75, 3.05) is 0 Å². The van der Waals surface area contributed by atoms with E-state index in [1.165, 1.54) is 0 Å². The molecule has 0 aromatic heterocycles. The van der Waals surface area contributed by atoms with Crippen LogP contribution in [0.15, 0.2) is 0 Å². The van der Waals surface area contributed by atoms with Crippen LogP contribution in [0.25, 0.3) is 0 Å². The summed E-state index contributed by atoms with van der Waals surface area (Å²) in [5.41, 5.74) is 0. The lowest BCUT2D eigenvalue weighted by Crippen LogP contribution is -2.26. The molecular weight excluding hydrogens is 158 g/mol. The van der Waals surface area contributed by atoms with Crippen molar-refractivity contribution in [2.24, 2.45) is 11.8 Å². The van der Waals surface area contributed by atoms with Gasteiger partial charge in [-0.1, -0.05) is 0 Å². The van der Waals surface area contributed by atoms with Gasteiger partial charge in [-0.25, -0.2) is 0 Å². The number of carbonyl (C=O) groups is 3. The van der Waals surface area contributed by atoms with Gasteiger partial charge in [-0.15, -0.1) is 0 Å². The molecule has 2 amide bonds. The molecule has 1 aliphatic heterocycles. The van der Waals surface area contributed by atoms with Crippen molar-refractivity contribution < 1.29 is 14.4 Å². The quantitative estimate of drug-likeness (QED) is 0.500. The van der Waals surface area contributed by atoms with Gasteiger partial charge >= 0.3 is 0 Å². The molecule has 1 N–H and O–H groups in total. The predicted molar refractivity (Wildman–Crippen MR) is 39.0 cm³/mol. The van der Waals surface area contributed by atoms with E-state index in [2.05, 4.69) is 5.32 Å². The third-order valence-corrected chi connectivity index (χ3v) is 2.59. The maximum atomic E-state index is 11.1. The summed E-state index contributed by atoms with van der Waals surface area (Å²) in [4.78, 5) is 33.1. The Kier molecular flexibility index (Phi) is 1.49. The maximum Gasteiger partial charge on any atom is 0.230 e. The fourth-order valence-corrected chi connectivity index (χ4v) is 1.90. The van der Waals surface area contributed by atoms with Gasteiger partial charge in [0.25, 0.3) is 0 Å². The molecule has 4 nitrogen and oxygen atoms in total. The van der Waals surface area contributed by atoms with Crippen LogP contribution in [0.5, 0.6) is 0 Å². The highest BCUT2D eigenvalue weighted by molar-refractivity contribution is 6.07. The van der Waals surface area contributed by atoms with Gasteiger partial charge in [0.05, 0.1) is 11.8 Å². The number of rotatable bonds is 0. The average molecular weight is 167 g/mol. The number of hydrogen-bond acceptors (Lipinski definition) is 3. The van der Waals surface area contributed by atoms with Crippen molar-refractivity contribution in [1.82, 2.24) is 5.32 Å².